The summed E-state index contributed by atoms with van der Waals surface area (Å²) in [6.07, 6.45) is 48.0. The minimum atomic E-state index is -0.761. The molecule has 0 amide bonds. The second kappa shape index (κ2) is 46.9. The third-order valence-corrected chi connectivity index (χ3v) is 12.2. The third-order valence-electron chi connectivity index (χ3n) is 12.2. The van der Waals surface area contributed by atoms with E-state index in [2.05, 4.69) is 34.6 Å². The van der Waals surface area contributed by atoms with Gasteiger partial charge in [0.25, 0.3) is 0 Å². The number of carbonyl (C=O) groups is 3. The first-order chi connectivity index (χ1) is 29.2. The van der Waals surface area contributed by atoms with Gasteiger partial charge in [0.05, 0.1) is 0 Å². The SMILES string of the molecule is CCCCCCCCCCCCCCC(=O)O[C@H](COC(=O)CCCCCCCCCCCCCCCCCC(C)C)COC(=O)CCCCCCCCCCCC(C)C. The molecule has 0 aromatic rings. The van der Waals surface area contributed by atoms with Crippen molar-refractivity contribution in [1.82, 2.24) is 0 Å². The zero-order valence-corrected chi connectivity index (χ0v) is 41.1. The predicted molar refractivity (Wildman–Crippen MR) is 256 cm³/mol. The fraction of sp³-hybridized carbons (Fsp3) is 0.944. The lowest BCUT2D eigenvalue weighted by atomic mass is 10.0. The van der Waals surface area contributed by atoms with E-state index in [0.717, 1.165) is 69.6 Å². The van der Waals surface area contributed by atoms with Crippen molar-refractivity contribution in [2.45, 2.75) is 304 Å². The van der Waals surface area contributed by atoms with Crippen molar-refractivity contribution < 1.29 is 28.6 Å². The molecule has 0 heterocycles. The minimum absolute atomic E-state index is 0.0634. The van der Waals surface area contributed by atoms with E-state index in [1.165, 1.54) is 186 Å². The van der Waals surface area contributed by atoms with Crippen molar-refractivity contribution in [2.24, 2.45) is 11.8 Å². The summed E-state index contributed by atoms with van der Waals surface area (Å²) in [5.74, 6) is 0.811. The summed E-state index contributed by atoms with van der Waals surface area (Å²) in [5.41, 5.74) is 0. The highest BCUT2D eigenvalue weighted by molar-refractivity contribution is 5.71. The molecule has 0 aromatic carbocycles. The molecule has 0 fully saturated rings. The fourth-order valence-corrected chi connectivity index (χ4v) is 8.17. The van der Waals surface area contributed by atoms with Gasteiger partial charge in [0.2, 0.25) is 0 Å². The Morgan fingerprint density at radius 3 is 0.817 bits per heavy atom. The van der Waals surface area contributed by atoms with Crippen LogP contribution < -0.4 is 0 Å². The van der Waals surface area contributed by atoms with E-state index in [9.17, 15) is 14.4 Å². The van der Waals surface area contributed by atoms with Crippen LogP contribution in [0.3, 0.4) is 0 Å². The van der Waals surface area contributed by atoms with Crippen molar-refractivity contribution in [3.63, 3.8) is 0 Å². The zero-order valence-electron chi connectivity index (χ0n) is 41.1. The van der Waals surface area contributed by atoms with E-state index >= 15 is 0 Å². The Bertz CT molecular complexity index is 916. The molecule has 0 N–H and O–H groups in total. The van der Waals surface area contributed by atoms with E-state index in [1.807, 2.05) is 0 Å². The van der Waals surface area contributed by atoms with Crippen molar-refractivity contribution in [1.29, 1.82) is 0 Å². The van der Waals surface area contributed by atoms with Crippen LogP contribution in [0.2, 0.25) is 0 Å². The van der Waals surface area contributed by atoms with Gasteiger partial charge in [-0.2, -0.15) is 0 Å². The summed E-state index contributed by atoms with van der Waals surface area (Å²) in [6.45, 7) is 11.4. The Balaban J connectivity index is 4.27. The average molecular weight is 849 g/mol. The fourth-order valence-electron chi connectivity index (χ4n) is 8.17. The van der Waals surface area contributed by atoms with Gasteiger partial charge in [-0.1, -0.05) is 259 Å². The van der Waals surface area contributed by atoms with Crippen LogP contribution in [0.25, 0.3) is 0 Å². The quantitative estimate of drug-likeness (QED) is 0.0345. The highest BCUT2D eigenvalue weighted by atomic mass is 16.6. The summed E-state index contributed by atoms with van der Waals surface area (Å²) in [5, 5.41) is 0. The molecule has 6 heteroatoms. The van der Waals surface area contributed by atoms with Gasteiger partial charge in [-0.05, 0) is 31.1 Å². The highest BCUT2D eigenvalue weighted by Crippen LogP contribution is 2.17. The molecular weight excluding hydrogens is 745 g/mol. The number of carbonyl (C=O) groups excluding carboxylic acids is 3. The predicted octanol–water partition coefficient (Wildman–Crippen LogP) is 17.3. The van der Waals surface area contributed by atoms with Gasteiger partial charge in [0.15, 0.2) is 6.10 Å². The standard InChI is InChI=1S/C54H104O6/c1-6-7-8-9-10-11-12-19-25-31-36-41-46-54(57)60-51(48-59-53(56)45-40-35-30-26-21-23-28-33-38-43-50(4)5)47-58-52(55)44-39-34-29-24-20-17-15-13-14-16-18-22-27-32-37-42-49(2)3/h49-51H,6-48H2,1-5H3/t51-/m1/s1. The maximum atomic E-state index is 12.8. The van der Waals surface area contributed by atoms with E-state index in [1.54, 1.807) is 0 Å². The molecule has 0 aliphatic carbocycles. The van der Waals surface area contributed by atoms with Crippen LogP contribution in [0.4, 0.5) is 0 Å². The van der Waals surface area contributed by atoms with Crippen molar-refractivity contribution >= 4 is 17.9 Å². The van der Waals surface area contributed by atoms with Crippen LogP contribution in [0.15, 0.2) is 0 Å². The summed E-state index contributed by atoms with van der Waals surface area (Å²) < 4.78 is 16.8. The molecule has 0 radical (unpaired) electrons. The van der Waals surface area contributed by atoms with Crippen molar-refractivity contribution in [3.8, 4) is 0 Å². The maximum absolute atomic E-state index is 12.8. The van der Waals surface area contributed by atoms with Gasteiger partial charge >= 0.3 is 17.9 Å². The maximum Gasteiger partial charge on any atom is 0.306 e. The second-order valence-electron chi connectivity index (χ2n) is 19.5. The average Bonchev–Trinajstić information content (AvgIpc) is 3.22. The summed E-state index contributed by atoms with van der Waals surface area (Å²) in [7, 11) is 0. The van der Waals surface area contributed by atoms with Crippen LogP contribution in [0.5, 0.6) is 0 Å². The second-order valence-corrected chi connectivity index (χ2v) is 19.5. The van der Waals surface area contributed by atoms with Crippen LogP contribution in [-0.4, -0.2) is 37.2 Å². The van der Waals surface area contributed by atoms with Gasteiger partial charge in [-0.3, -0.25) is 14.4 Å². The number of hydrogen-bond acceptors (Lipinski definition) is 6. The van der Waals surface area contributed by atoms with Gasteiger partial charge in [-0.15, -0.1) is 0 Å². The van der Waals surface area contributed by atoms with Crippen LogP contribution in [0.1, 0.15) is 298 Å². The largest absolute Gasteiger partial charge is 0.462 e. The Morgan fingerprint density at radius 2 is 0.550 bits per heavy atom. The number of rotatable bonds is 48. The third kappa shape index (κ3) is 47.5. The van der Waals surface area contributed by atoms with Gasteiger partial charge in [0, 0.05) is 19.3 Å². The molecule has 356 valence electrons. The molecule has 60 heavy (non-hydrogen) atoms. The molecule has 0 bridgehead atoms. The lowest BCUT2D eigenvalue weighted by Gasteiger charge is -2.18. The van der Waals surface area contributed by atoms with Crippen molar-refractivity contribution in [2.75, 3.05) is 13.2 Å². The molecular formula is C54H104O6. The minimum Gasteiger partial charge on any atom is -0.462 e. The lowest BCUT2D eigenvalue weighted by Crippen LogP contribution is -2.30. The molecule has 1 atom stereocenters. The molecule has 0 aromatic heterocycles. The zero-order chi connectivity index (χ0) is 44.0. The molecule has 0 aliphatic rings. The summed E-state index contributed by atoms with van der Waals surface area (Å²) in [4.78, 5) is 38.0. The monoisotopic (exact) mass is 849 g/mol. The van der Waals surface area contributed by atoms with E-state index in [4.69, 9.17) is 14.2 Å². The van der Waals surface area contributed by atoms with E-state index in [0.29, 0.717) is 19.3 Å². The van der Waals surface area contributed by atoms with E-state index < -0.39 is 6.10 Å². The normalized spacial score (nSPS) is 12.1. The number of ether oxygens (including phenoxy) is 3. The lowest BCUT2D eigenvalue weighted by molar-refractivity contribution is -0.167. The summed E-state index contributed by atoms with van der Waals surface area (Å²) >= 11 is 0. The Kier molecular flexibility index (Phi) is 45.7. The topological polar surface area (TPSA) is 78.9 Å². The van der Waals surface area contributed by atoms with Crippen LogP contribution in [0, 0.1) is 11.8 Å². The first-order valence-corrected chi connectivity index (χ1v) is 26.7. The first kappa shape index (κ1) is 58.4. The Hall–Kier alpha value is -1.59. The molecule has 6 nitrogen and oxygen atoms in total. The smallest absolute Gasteiger partial charge is 0.306 e. The van der Waals surface area contributed by atoms with Gasteiger partial charge in [-0.25, -0.2) is 0 Å². The highest BCUT2D eigenvalue weighted by Gasteiger charge is 2.19. The number of unbranched alkanes of at least 4 members (excludes halogenated alkanes) is 33. The van der Waals surface area contributed by atoms with Crippen molar-refractivity contribution in [3.05, 3.63) is 0 Å². The van der Waals surface area contributed by atoms with Gasteiger partial charge in [0.1, 0.15) is 13.2 Å². The molecule has 0 rings (SSSR count). The number of hydrogen-bond donors (Lipinski definition) is 0. The van der Waals surface area contributed by atoms with Gasteiger partial charge < -0.3 is 14.2 Å². The molecule has 0 saturated carbocycles. The Labute approximate surface area is 374 Å². The van der Waals surface area contributed by atoms with E-state index in [-0.39, 0.29) is 31.1 Å². The first-order valence-electron chi connectivity index (χ1n) is 26.7. The molecule has 0 spiro atoms. The molecule has 0 unspecified atom stereocenters. The Morgan fingerprint density at radius 1 is 0.317 bits per heavy atom. The molecule has 0 saturated heterocycles. The van der Waals surface area contributed by atoms with Crippen LogP contribution in [-0.2, 0) is 28.6 Å². The summed E-state index contributed by atoms with van der Waals surface area (Å²) in [6, 6.07) is 0. The van der Waals surface area contributed by atoms with Crippen LogP contribution >= 0.6 is 0 Å². The molecule has 0 aliphatic heterocycles. The number of esters is 3.